The van der Waals surface area contributed by atoms with Crippen molar-refractivity contribution >= 4 is 28.9 Å². The lowest BCUT2D eigenvalue weighted by atomic mass is 10.2. The Bertz CT molecular complexity index is 719. The zero-order chi connectivity index (χ0) is 17.4. The van der Waals surface area contributed by atoms with Gasteiger partial charge >= 0.3 is 0 Å². The molecule has 0 bridgehead atoms. The zero-order valence-electron chi connectivity index (χ0n) is 13.4. The molecule has 0 aliphatic carbocycles. The van der Waals surface area contributed by atoms with Gasteiger partial charge in [0.2, 0.25) is 11.8 Å². The van der Waals surface area contributed by atoms with E-state index in [1.165, 1.54) is 6.07 Å². The number of para-hydroxylation sites is 1. The third-order valence-electron chi connectivity index (χ3n) is 3.22. The number of rotatable bonds is 7. The van der Waals surface area contributed by atoms with Crippen LogP contribution < -0.4 is 16.0 Å². The van der Waals surface area contributed by atoms with Gasteiger partial charge in [-0.25, -0.2) is 4.39 Å². The number of anilines is 3. The summed E-state index contributed by atoms with van der Waals surface area (Å²) in [6, 6.07) is 13.0. The summed E-state index contributed by atoms with van der Waals surface area (Å²) in [4.78, 5) is 23.5. The van der Waals surface area contributed by atoms with Gasteiger partial charge in [0.15, 0.2) is 0 Å². The van der Waals surface area contributed by atoms with Crippen molar-refractivity contribution in [2.24, 2.45) is 0 Å². The standard InChI is InChI=1S/C18H20FN3O2/c1-2-6-17(23)21-13-7-5-8-14(11-13)22-18(24)12-20-16-10-4-3-9-15(16)19/h3-5,7-11,20H,2,6,12H2,1H3,(H,21,23)(H,22,24). The van der Waals surface area contributed by atoms with Crippen molar-refractivity contribution < 1.29 is 14.0 Å². The lowest BCUT2D eigenvalue weighted by Crippen LogP contribution is -2.22. The number of benzene rings is 2. The normalized spacial score (nSPS) is 10.1. The Morgan fingerprint density at radius 1 is 0.958 bits per heavy atom. The van der Waals surface area contributed by atoms with E-state index in [9.17, 15) is 14.0 Å². The average molecular weight is 329 g/mol. The fourth-order valence-electron chi connectivity index (χ4n) is 2.11. The molecule has 6 heteroatoms. The summed E-state index contributed by atoms with van der Waals surface area (Å²) in [6.45, 7) is 1.87. The first-order valence-corrected chi connectivity index (χ1v) is 7.76. The van der Waals surface area contributed by atoms with Gasteiger partial charge in [-0.2, -0.15) is 0 Å². The second-order valence-electron chi connectivity index (χ2n) is 5.26. The van der Waals surface area contributed by atoms with E-state index in [0.29, 0.717) is 17.8 Å². The summed E-state index contributed by atoms with van der Waals surface area (Å²) in [5.41, 5.74) is 1.45. The van der Waals surface area contributed by atoms with Crippen LogP contribution in [0.5, 0.6) is 0 Å². The molecule has 2 aromatic carbocycles. The highest BCUT2D eigenvalue weighted by atomic mass is 19.1. The number of amides is 2. The third-order valence-corrected chi connectivity index (χ3v) is 3.22. The van der Waals surface area contributed by atoms with Gasteiger partial charge < -0.3 is 16.0 Å². The maximum absolute atomic E-state index is 13.5. The van der Waals surface area contributed by atoms with Gasteiger partial charge in [-0.1, -0.05) is 25.1 Å². The highest BCUT2D eigenvalue weighted by Crippen LogP contribution is 2.16. The van der Waals surface area contributed by atoms with E-state index in [1.54, 1.807) is 42.5 Å². The van der Waals surface area contributed by atoms with Crippen LogP contribution in [0.3, 0.4) is 0 Å². The second kappa shape index (κ2) is 8.67. The number of carbonyl (C=O) groups is 2. The van der Waals surface area contributed by atoms with E-state index < -0.39 is 5.82 Å². The van der Waals surface area contributed by atoms with Crippen molar-refractivity contribution in [2.45, 2.75) is 19.8 Å². The molecule has 2 rings (SSSR count). The van der Waals surface area contributed by atoms with Gasteiger partial charge in [-0.15, -0.1) is 0 Å². The first kappa shape index (κ1) is 17.5. The van der Waals surface area contributed by atoms with Crippen molar-refractivity contribution in [1.29, 1.82) is 0 Å². The molecule has 0 aliphatic rings. The zero-order valence-corrected chi connectivity index (χ0v) is 13.4. The summed E-state index contributed by atoms with van der Waals surface area (Å²) >= 11 is 0. The number of carbonyl (C=O) groups excluding carboxylic acids is 2. The minimum absolute atomic E-state index is 0.0621. The van der Waals surface area contributed by atoms with E-state index in [4.69, 9.17) is 0 Å². The van der Waals surface area contributed by atoms with Crippen molar-refractivity contribution in [2.75, 3.05) is 22.5 Å². The molecule has 0 radical (unpaired) electrons. The predicted molar refractivity (Wildman–Crippen MR) is 93.5 cm³/mol. The van der Waals surface area contributed by atoms with Crippen LogP contribution in [0, 0.1) is 5.82 Å². The van der Waals surface area contributed by atoms with Crippen LogP contribution in [0.1, 0.15) is 19.8 Å². The molecule has 3 N–H and O–H groups in total. The monoisotopic (exact) mass is 329 g/mol. The predicted octanol–water partition coefficient (Wildman–Crippen LogP) is 3.61. The second-order valence-corrected chi connectivity index (χ2v) is 5.26. The Kier molecular flexibility index (Phi) is 6.31. The van der Waals surface area contributed by atoms with Gasteiger partial charge in [0.25, 0.3) is 0 Å². The van der Waals surface area contributed by atoms with Gasteiger partial charge in [-0.3, -0.25) is 9.59 Å². The van der Waals surface area contributed by atoms with Gasteiger partial charge in [0, 0.05) is 17.8 Å². The topological polar surface area (TPSA) is 70.2 Å². The Labute approximate surface area is 140 Å². The average Bonchev–Trinajstić information content (AvgIpc) is 2.54. The summed E-state index contributed by atoms with van der Waals surface area (Å²) in [5.74, 6) is -0.789. The van der Waals surface area contributed by atoms with Crippen LogP contribution in [-0.2, 0) is 9.59 Å². The minimum Gasteiger partial charge on any atom is -0.374 e. The van der Waals surface area contributed by atoms with E-state index >= 15 is 0 Å². The first-order chi connectivity index (χ1) is 11.6. The van der Waals surface area contributed by atoms with Gasteiger partial charge in [0.1, 0.15) is 5.82 Å². The number of hydrogen-bond donors (Lipinski definition) is 3. The summed E-state index contributed by atoms with van der Waals surface area (Å²) in [5, 5.41) is 8.21. The van der Waals surface area contributed by atoms with Crippen LogP contribution in [0.4, 0.5) is 21.5 Å². The van der Waals surface area contributed by atoms with Crippen LogP contribution >= 0.6 is 0 Å². The summed E-state index contributed by atoms with van der Waals surface area (Å²) in [7, 11) is 0. The van der Waals surface area contributed by atoms with E-state index in [-0.39, 0.29) is 24.0 Å². The molecule has 0 spiro atoms. The largest absolute Gasteiger partial charge is 0.374 e. The van der Waals surface area contributed by atoms with E-state index in [2.05, 4.69) is 16.0 Å². The SMILES string of the molecule is CCCC(=O)Nc1cccc(NC(=O)CNc2ccccc2F)c1. The molecule has 0 saturated carbocycles. The number of hydrogen-bond acceptors (Lipinski definition) is 3. The molecule has 126 valence electrons. The Morgan fingerprint density at radius 2 is 1.62 bits per heavy atom. The lowest BCUT2D eigenvalue weighted by molar-refractivity contribution is -0.116. The fourth-order valence-corrected chi connectivity index (χ4v) is 2.11. The maximum Gasteiger partial charge on any atom is 0.243 e. The first-order valence-electron chi connectivity index (χ1n) is 7.76. The molecule has 0 heterocycles. The molecular formula is C18H20FN3O2. The van der Waals surface area contributed by atoms with E-state index in [0.717, 1.165) is 6.42 Å². The van der Waals surface area contributed by atoms with Gasteiger partial charge in [-0.05, 0) is 36.8 Å². The molecule has 0 saturated heterocycles. The van der Waals surface area contributed by atoms with Crippen LogP contribution in [0.25, 0.3) is 0 Å². The summed E-state index contributed by atoms with van der Waals surface area (Å²) in [6.07, 6.45) is 1.22. The number of halogens is 1. The Hall–Kier alpha value is -2.89. The fraction of sp³-hybridized carbons (Fsp3) is 0.222. The molecular weight excluding hydrogens is 309 g/mol. The van der Waals surface area contributed by atoms with Crippen molar-refractivity contribution in [3.8, 4) is 0 Å². The number of nitrogens with one attached hydrogen (secondary N) is 3. The highest BCUT2D eigenvalue weighted by Gasteiger charge is 2.06. The molecule has 2 aromatic rings. The van der Waals surface area contributed by atoms with Crippen LogP contribution in [-0.4, -0.2) is 18.4 Å². The molecule has 2 amide bonds. The molecule has 0 fully saturated rings. The molecule has 24 heavy (non-hydrogen) atoms. The minimum atomic E-state index is -0.411. The summed E-state index contributed by atoms with van der Waals surface area (Å²) < 4.78 is 13.5. The van der Waals surface area contributed by atoms with E-state index in [1.807, 2.05) is 6.92 Å². The highest BCUT2D eigenvalue weighted by molar-refractivity contribution is 5.95. The quantitative estimate of drug-likeness (QED) is 0.727. The third kappa shape index (κ3) is 5.39. The Morgan fingerprint density at radius 3 is 2.29 bits per heavy atom. The van der Waals surface area contributed by atoms with Crippen molar-refractivity contribution in [1.82, 2.24) is 0 Å². The smallest absolute Gasteiger partial charge is 0.243 e. The lowest BCUT2D eigenvalue weighted by Gasteiger charge is -2.10. The molecule has 0 aliphatic heterocycles. The maximum atomic E-state index is 13.5. The van der Waals surface area contributed by atoms with Crippen molar-refractivity contribution in [3.05, 3.63) is 54.3 Å². The Balaban J connectivity index is 1.89. The molecule has 5 nitrogen and oxygen atoms in total. The molecule has 0 unspecified atom stereocenters. The van der Waals surface area contributed by atoms with Gasteiger partial charge in [0.05, 0.1) is 12.2 Å². The van der Waals surface area contributed by atoms with Crippen molar-refractivity contribution in [3.63, 3.8) is 0 Å². The molecule has 0 atom stereocenters. The van der Waals surface area contributed by atoms with Crippen LogP contribution in [0.15, 0.2) is 48.5 Å². The molecule has 0 aromatic heterocycles. The van der Waals surface area contributed by atoms with Crippen LogP contribution in [0.2, 0.25) is 0 Å².